The maximum Gasteiger partial charge on any atom is 0.121 e. The standard InChI is InChI=1S/C13H18N2O/c1-10-8-11(6-7-12(10)16-5)15(4)13(2,3)9-14/h6-8H,1-5H3. The predicted molar refractivity (Wildman–Crippen MR) is 65.8 cm³/mol. The quantitative estimate of drug-likeness (QED) is 0.782. The van der Waals surface area contributed by atoms with Crippen molar-refractivity contribution in [3.05, 3.63) is 23.8 Å². The van der Waals surface area contributed by atoms with Crippen molar-refractivity contribution >= 4 is 5.69 Å². The van der Waals surface area contributed by atoms with Gasteiger partial charge in [0, 0.05) is 12.7 Å². The zero-order valence-corrected chi connectivity index (χ0v) is 10.5. The molecule has 16 heavy (non-hydrogen) atoms. The van der Waals surface area contributed by atoms with Crippen LogP contribution in [-0.2, 0) is 0 Å². The summed E-state index contributed by atoms with van der Waals surface area (Å²) in [5.41, 5.74) is 1.58. The first-order valence-corrected chi connectivity index (χ1v) is 5.22. The van der Waals surface area contributed by atoms with Gasteiger partial charge in [0.1, 0.15) is 11.3 Å². The van der Waals surface area contributed by atoms with Crippen LogP contribution in [-0.4, -0.2) is 19.7 Å². The van der Waals surface area contributed by atoms with Crippen molar-refractivity contribution in [2.24, 2.45) is 0 Å². The highest BCUT2D eigenvalue weighted by molar-refractivity contribution is 5.55. The van der Waals surface area contributed by atoms with E-state index in [4.69, 9.17) is 10.00 Å². The Kier molecular flexibility index (Phi) is 3.44. The lowest BCUT2D eigenvalue weighted by Crippen LogP contribution is -2.39. The lowest BCUT2D eigenvalue weighted by molar-refractivity contribution is 0.411. The molecule has 1 rings (SSSR count). The number of hydrogen-bond donors (Lipinski definition) is 0. The van der Waals surface area contributed by atoms with E-state index < -0.39 is 5.54 Å². The van der Waals surface area contributed by atoms with Gasteiger partial charge in [-0.3, -0.25) is 0 Å². The molecule has 3 nitrogen and oxygen atoms in total. The maximum atomic E-state index is 9.08. The smallest absolute Gasteiger partial charge is 0.121 e. The van der Waals surface area contributed by atoms with Crippen LogP contribution in [0.3, 0.4) is 0 Å². The van der Waals surface area contributed by atoms with Crippen LogP contribution in [0.4, 0.5) is 5.69 Å². The van der Waals surface area contributed by atoms with Crippen molar-refractivity contribution < 1.29 is 4.74 Å². The summed E-state index contributed by atoms with van der Waals surface area (Å²) in [6.07, 6.45) is 0. The lowest BCUT2D eigenvalue weighted by Gasteiger charge is -2.31. The average molecular weight is 218 g/mol. The largest absolute Gasteiger partial charge is 0.496 e. The highest BCUT2D eigenvalue weighted by Gasteiger charge is 2.23. The van der Waals surface area contributed by atoms with Crippen LogP contribution in [0.2, 0.25) is 0 Å². The monoisotopic (exact) mass is 218 g/mol. The number of nitrogens with zero attached hydrogens (tertiary/aromatic N) is 2. The third-order valence-electron chi connectivity index (χ3n) is 2.88. The molecule has 86 valence electrons. The summed E-state index contributed by atoms with van der Waals surface area (Å²) in [6, 6.07) is 8.20. The Morgan fingerprint density at radius 3 is 2.44 bits per heavy atom. The summed E-state index contributed by atoms with van der Waals surface area (Å²) in [5.74, 6) is 0.868. The minimum absolute atomic E-state index is 0.513. The molecular weight excluding hydrogens is 200 g/mol. The minimum Gasteiger partial charge on any atom is -0.496 e. The molecule has 0 amide bonds. The first-order chi connectivity index (χ1) is 7.42. The molecule has 0 saturated carbocycles. The molecule has 0 fully saturated rings. The van der Waals surface area contributed by atoms with Gasteiger partial charge in [-0.15, -0.1) is 0 Å². The first kappa shape index (κ1) is 12.4. The third kappa shape index (κ3) is 2.27. The van der Waals surface area contributed by atoms with Crippen LogP contribution in [0.25, 0.3) is 0 Å². The van der Waals surface area contributed by atoms with Gasteiger partial charge in [0.25, 0.3) is 0 Å². The van der Waals surface area contributed by atoms with Crippen molar-refractivity contribution in [1.29, 1.82) is 5.26 Å². The van der Waals surface area contributed by atoms with E-state index in [1.165, 1.54) is 0 Å². The van der Waals surface area contributed by atoms with Gasteiger partial charge in [-0.05, 0) is 44.5 Å². The Labute approximate surface area is 97.3 Å². The van der Waals surface area contributed by atoms with E-state index in [0.29, 0.717) is 0 Å². The van der Waals surface area contributed by atoms with Crippen LogP contribution in [0.15, 0.2) is 18.2 Å². The highest BCUT2D eigenvalue weighted by Crippen LogP contribution is 2.27. The molecule has 0 aliphatic heterocycles. The molecule has 0 radical (unpaired) electrons. The molecule has 0 atom stereocenters. The van der Waals surface area contributed by atoms with Crippen molar-refractivity contribution in [3.8, 4) is 11.8 Å². The van der Waals surface area contributed by atoms with Crippen molar-refractivity contribution in [1.82, 2.24) is 0 Å². The Bertz CT molecular complexity index is 418. The zero-order valence-electron chi connectivity index (χ0n) is 10.5. The Balaban J connectivity index is 3.08. The second kappa shape index (κ2) is 4.44. The summed E-state index contributed by atoms with van der Waals surface area (Å²) in [7, 11) is 3.58. The SMILES string of the molecule is COc1ccc(N(C)C(C)(C)C#N)cc1C. The van der Waals surface area contributed by atoms with Gasteiger partial charge >= 0.3 is 0 Å². The number of nitriles is 1. The molecule has 0 aliphatic carbocycles. The molecule has 3 heteroatoms. The predicted octanol–water partition coefficient (Wildman–Crippen LogP) is 2.74. The van der Waals surface area contributed by atoms with Gasteiger partial charge in [-0.2, -0.15) is 5.26 Å². The fourth-order valence-corrected chi connectivity index (χ4v) is 1.47. The Morgan fingerprint density at radius 2 is 2.00 bits per heavy atom. The van der Waals surface area contributed by atoms with Crippen molar-refractivity contribution in [2.75, 3.05) is 19.1 Å². The highest BCUT2D eigenvalue weighted by atomic mass is 16.5. The van der Waals surface area contributed by atoms with Gasteiger partial charge < -0.3 is 9.64 Å². The fraction of sp³-hybridized carbons (Fsp3) is 0.462. The molecule has 0 aliphatic rings. The van der Waals surface area contributed by atoms with Gasteiger partial charge in [0.2, 0.25) is 0 Å². The molecule has 0 aromatic heterocycles. The van der Waals surface area contributed by atoms with Crippen LogP contribution in [0.5, 0.6) is 5.75 Å². The van der Waals surface area contributed by atoms with E-state index in [-0.39, 0.29) is 0 Å². The summed E-state index contributed by atoms with van der Waals surface area (Å²) in [6.45, 7) is 5.79. The van der Waals surface area contributed by atoms with Gasteiger partial charge in [-0.1, -0.05) is 0 Å². The first-order valence-electron chi connectivity index (χ1n) is 5.22. The molecule has 0 heterocycles. The molecular formula is C13H18N2O. The number of anilines is 1. The molecule has 0 saturated heterocycles. The summed E-state index contributed by atoms with van der Waals surface area (Å²) >= 11 is 0. The van der Waals surface area contributed by atoms with Crippen molar-refractivity contribution in [3.63, 3.8) is 0 Å². The zero-order chi connectivity index (χ0) is 12.3. The van der Waals surface area contributed by atoms with Crippen LogP contribution in [0.1, 0.15) is 19.4 Å². The summed E-state index contributed by atoms with van der Waals surface area (Å²) < 4.78 is 5.21. The number of ether oxygens (including phenoxy) is 1. The molecule has 0 unspecified atom stereocenters. The maximum absolute atomic E-state index is 9.08. The Hall–Kier alpha value is -1.69. The van der Waals surface area contributed by atoms with Gasteiger partial charge in [-0.25, -0.2) is 0 Å². The molecule has 1 aromatic carbocycles. The number of hydrogen-bond acceptors (Lipinski definition) is 3. The second-order valence-corrected chi connectivity index (χ2v) is 4.38. The van der Waals surface area contributed by atoms with Gasteiger partial charge in [0.15, 0.2) is 0 Å². The molecule has 0 spiro atoms. The number of benzene rings is 1. The third-order valence-corrected chi connectivity index (χ3v) is 2.88. The molecule has 0 N–H and O–H groups in total. The summed E-state index contributed by atoms with van der Waals surface area (Å²) in [4.78, 5) is 1.96. The van der Waals surface area contributed by atoms with Crippen LogP contribution in [0, 0.1) is 18.3 Å². The minimum atomic E-state index is -0.513. The number of aryl methyl sites for hydroxylation is 1. The molecule has 1 aromatic rings. The van der Waals surface area contributed by atoms with Crippen molar-refractivity contribution in [2.45, 2.75) is 26.3 Å². The fourth-order valence-electron chi connectivity index (χ4n) is 1.47. The summed E-state index contributed by atoms with van der Waals surface area (Å²) in [5, 5.41) is 9.08. The van der Waals surface area contributed by atoms with E-state index in [9.17, 15) is 0 Å². The van der Waals surface area contributed by atoms with E-state index in [0.717, 1.165) is 17.0 Å². The lowest BCUT2D eigenvalue weighted by atomic mass is 10.0. The normalized spacial score (nSPS) is 10.8. The van der Waals surface area contributed by atoms with Crippen LogP contribution < -0.4 is 9.64 Å². The van der Waals surface area contributed by atoms with Crippen LogP contribution >= 0.6 is 0 Å². The number of methoxy groups -OCH3 is 1. The second-order valence-electron chi connectivity index (χ2n) is 4.38. The Morgan fingerprint density at radius 1 is 1.38 bits per heavy atom. The molecule has 0 bridgehead atoms. The van der Waals surface area contributed by atoms with E-state index in [2.05, 4.69) is 6.07 Å². The van der Waals surface area contributed by atoms with E-state index in [1.54, 1.807) is 7.11 Å². The van der Waals surface area contributed by atoms with E-state index >= 15 is 0 Å². The topological polar surface area (TPSA) is 36.3 Å². The van der Waals surface area contributed by atoms with Gasteiger partial charge in [0.05, 0.1) is 13.2 Å². The number of rotatable bonds is 3. The average Bonchev–Trinajstić information content (AvgIpc) is 2.27. The van der Waals surface area contributed by atoms with E-state index in [1.807, 2.05) is 50.9 Å².